The molecule has 0 fully saturated rings. The van der Waals surface area contributed by atoms with Crippen LogP contribution < -0.4 is 5.73 Å². The molecule has 0 aliphatic carbocycles. The van der Waals surface area contributed by atoms with Crippen molar-refractivity contribution in [3.05, 3.63) is 34.9 Å². The van der Waals surface area contributed by atoms with Crippen molar-refractivity contribution in [3.8, 4) is 0 Å². The summed E-state index contributed by atoms with van der Waals surface area (Å²) in [6, 6.07) is 8.10. The van der Waals surface area contributed by atoms with E-state index in [1.54, 1.807) is 0 Å². The van der Waals surface area contributed by atoms with Crippen molar-refractivity contribution in [1.29, 1.82) is 0 Å². The molecular formula is C18H30ClN. The third kappa shape index (κ3) is 7.91. The zero-order valence-electron chi connectivity index (χ0n) is 12.9. The molecule has 1 aromatic carbocycles. The van der Waals surface area contributed by atoms with Gasteiger partial charge in [-0.3, -0.25) is 0 Å². The Morgan fingerprint density at radius 1 is 0.850 bits per heavy atom. The summed E-state index contributed by atoms with van der Waals surface area (Å²) in [6.07, 6.45) is 13.3. The normalized spacial score (nSPS) is 12.6. The molecule has 1 aromatic rings. The summed E-state index contributed by atoms with van der Waals surface area (Å²) in [5.41, 5.74) is 7.40. The number of benzene rings is 1. The number of hydrogen-bond donors (Lipinski definition) is 1. The fourth-order valence-corrected chi connectivity index (χ4v) is 2.68. The predicted octanol–water partition coefficient (Wildman–Crippen LogP) is 6.26. The Morgan fingerprint density at radius 2 is 1.35 bits per heavy atom. The maximum atomic E-state index is 6.20. The summed E-state index contributed by atoms with van der Waals surface area (Å²) in [4.78, 5) is 0. The van der Waals surface area contributed by atoms with Crippen LogP contribution in [0.1, 0.15) is 82.7 Å². The molecular weight excluding hydrogens is 266 g/mol. The number of halogens is 1. The standard InChI is InChI=1S/C18H30ClN/c1-2-3-4-5-6-7-8-9-10-11-18(20)16-12-14-17(19)15-13-16/h12-15,18H,2-11,20H2,1H3. The molecule has 0 spiro atoms. The minimum atomic E-state index is 0.164. The van der Waals surface area contributed by atoms with E-state index < -0.39 is 0 Å². The first-order valence-electron chi connectivity index (χ1n) is 8.25. The Morgan fingerprint density at radius 3 is 1.90 bits per heavy atom. The second kappa shape index (κ2) is 11.2. The van der Waals surface area contributed by atoms with Gasteiger partial charge in [0.05, 0.1) is 0 Å². The molecule has 20 heavy (non-hydrogen) atoms. The number of hydrogen-bond acceptors (Lipinski definition) is 1. The maximum absolute atomic E-state index is 6.20. The van der Waals surface area contributed by atoms with Crippen LogP contribution >= 0.6 is 11.6 Å². The van der Waals surface area contributed by atoms with E-state index in [0.29, 0.717) is 0 Å². The van der Waals surface area contributed by atoms with Crippen LogP contribution in [0.4, 0.5) is 0 Å². The monoisotopic (exact) mass is 295 g/mol. The van der Waals surface area contributed by atoms with Crippen LogP contribution in [0.2, 0.25) is 5.02 Å². The van der Waals surface area contributed by atoms with E-state index >= 15 is 0 Å². The summed E-state index contributed by atoms with van der Waals surface area (Å²) >= 11 is 5.88. The van der Waals surface area contributed by atoms with E-state index in [-0.39, 0.29) is 6.04 Å². The fourth-order valence-electron chi connectivity index (χ4n) is 2.55. The number of rotatable bonds is 11. The van der Waals surface area contributed by atoms with Gasteiger partial charge in [0.1, 0.15) is 0 Å². The molecule has 0 bridgehead atoms. The lowest BCUT2D eigenvalue weighted by molar-refractivity contribution is 0.532. The molecule has 0 heterocycles. The molecule has 1 atom stereocenters. The molecule has 1 rings (SSSR count). The van der Waals surface area contributed by atoms with Crippen LogP contribution in [0.15, 0.2) is 24.3 Å². The summed E-state index contributed by atoms with van der Waals surface area (Å²) in [5, 5.41) is 0.782. The predicted molar refractivity (Wildman–Crippen MR) is 90.2 cm³/mol. The second-order valence-corrected chi connectivity index (χ2v) is 6.21. The van der Waals surface area contributed by atoms with Crippen LogP contribution in [-0.4, -0.2) is 0 Å². The average molecular weight is 296 g/mol. The first-order valence-corrected chi connectivity index (χ1v) is 8.63. The van der Waals surface area contributed by atoms with Gasteiger partial charge in [-0.05, 0) is 24.1 Å². The lowest BCUT2D eigenvalue weighted by Crippen LogP contribution is -2.09. The molecule has 114 valence electrons. The molecule has 2 N–H and O–H groups in total. The Kier molecular flexibility index (Phi) is 9.78. The summed E-state index contributed by atoms with van der Waals surface area (Å²) in [6.45, 7) is 2.27. The van der Waals surface area contributed by atoms with Crippen molar-refractivity contribution in [1.82, 2.24) is 0 Å². The molecule has 0 saturated heterocycles. The van der Waals surface area contributed by atoms with Gasteiger partial charge in [-0.1, -0.05) is 88.4 Å². The topological polar surface area (TPSA) is 26.0 Å². The molecule has 0 aliphatic rings. The highest BCUT2D eigenvalue weighted by atomic mass is 35.5. The smallest absolute Gasteiger partial charge is 0.0406 e. The van der Waals surface area contributed by atoms with Gasteiger partial charge in [-0.15, -0.1) is 0 Å². The van der Waals surface area contributed by atoms with Crippen LogP contribution in [0.3, 0.4) is 0 Å². The van der Waals surface area contributed by atoms with Gasteiger partial charge in [0.25, 0.3) is 0 Å². The third-order valence-corrected chi connectivity index (χ3v) is 4.17. The SMILES string of the molecule is CCCCCCCCCCCC(N)c1ccc(Cl)cc1. The Balaban J connectivity index is 1.99. The summed E-state index contributed by atoms with van der Waals surface area (Å²) in [5.74, 6) is 0. The fraction of sp³-hybridized carbons (Fsp3) is 0.667. The maximum Gasteiger partial charge on any atom is 0.0406 e. The molecule has 2 heteroatoms. The van der Waals surface area contributed by atoms with Crippen molar-refractivity contribution in [2.45, 2.75) is 77.2 Å². The van der Waals surface area contributed by atoms with E-state index in [9.17, 15) is 0 Å². The number of nitrogens with two attached hydrogens (primary N) is 1. The van der Waals surface area contributed by atoms with Crippen LogP contribution in [0.5, 0.6) is 0 Å². The zero-order chi connectivity index (χ0) is 14.6. The van der Waals surface area contributed by atoms with Gasteiger partial charge in [-0.2, -0.15) is 0 Å². The third-order valence-electron chi connectivity index (χ3n) is 3.92. The lowest BCUT2D eigenvalue weighted by atomic mass is 10.00. The number of unbranched alkanes of at least 4 members (excludes halogenated alkanes) is 8. The van der Waals surface area contributed by atoms with Gasteiger partial charge < -0.3 is 5.73 Å². The zero-order valence-corrected chi connectivity index (χ0v) is 13.7. The molecule has 0 aliphatic heterocycles. The summed E-state index contributed by atoms with van der Waals surface area (Å²) < 4.78 is 0. The lowest BCUT2D eigenvalue weighted by Gasteiger charge is -2.11. The molecule has 0 saturated carbocycles. The van der Waals surface area contributed by atoms with Gasteiger partial charge in [0.15, 0.2) is 0 Å². The van der Waals surface area contributed by atoms with Crippen LogP contribution in [0, 0.1) is 0 Å². The molecule has 1 nitrogen and oxygen atoms in total. The van der Waals surface area contributed by atoms with Gasteiger partial charge in [-0.25, -0.2) is 0 Å². The average Bonchev–Trinajstić information content (AvgIpc) is 2.46. The summed E-state index contributed by atoms with van der Waals surface area (Å²) in [7, 11) is 0. The van der Waals surface area contributed by atoms with Gasteiger partial charge >= 0.3 is 0 Å². The minimum Gasteiger partial charge on any atom is -0.324 e. The first kappa shape index (κ1) is 17.5. The molecule has 0 radical (unpaired) electrons. The highest BCUT2D eigenvalue weighted by molar-refractivity contribution is 6.30. The van der Waals surface area contributed by atoms with Crippen molar-refractivity contribution >= 4 is 11.6 Å². The van der Waals surface area contributed by atoms with E-state index in [1.165, 1.54) is 63.4 Å². The van der Waals surface area contributed by atoms with Gasteiger partial charge in [0, 0.05) is 11.1 Å². The van der Waals surface area contributed by atoms with E-state index in [1.807, 2.05) is 24.3 Å². The Hall–Kier alpha value is -0.530. The first-order chi connectivity index (χ1) is 9.74. The van der Waals surface area contributed by atoms with Crippen molar-refractivity contribution in [3.63, 3.8) is 0 Å². The molecule has 0 aromatic heterocycles. The second-order valence-electron chi connectivity index (χ2n) is 5.78. The van der Waals surface area contributed by atoms with E-state index in [0.717, 1.165) is 11.4 Å². The van der Waals surface area contributed by atoms with Crippen molar-refractivity contribution in [2.24, 2.45) is 5.73 Å². The Bertz CT molecular complexity index is 334. The highest BCUT2D eigenvalue weighted by Gasteiger charge is 2.05. The van der Waals surface area contributed by atoms with Crippen LogP contribution in [0.25, 0.3) is 0 Å². The quantitative estimate of drug-likeness (QED) is 0.479. The molecule has 1 unspecified atom stereocenters. The van der Waals surface area contributed by atoms with E-state index in [4.69, 9.17) is 17.3 Å². The largest absolute Gasteiger partial charge is 0.324 e. The van der Waals surface area contributed by atoms with Gasteiger partial charge in [0.2, 0.25) is 0 Å². The van der Waals surface area contributed by atoms with Crippen molar-refractivity contribution in [2.75, 3.05) is 0 Å². The highest BCUT2D eigenvalue weighted by Crippen LogP contribution is 2.20. The Labute approximate surface area is 129 Å². The minimum absolute atomic E-state index is 0.164. The van der Waals surface area contributed by atoms with Crippen LogP contribution in [-0.2, 0) is 0 Å². The molecule has 0 amide bonds. The van der Waals surface area contributed by atoms with Crippen molar-refractivity contribution < 1.29 is 0 Å². The van der Waals surface area contributed by atoms with E-state index in [2.05, 4.69) is 6.92 Å².